The largest absolute Gasteiger partial charge is 0.399 e. The number of ether oxygens (including phenoxy) is 1. The van der Waals surface area contributed by atoms with Gasteiger partial charge in [0.1, 0.15) is 0 Å². The molecule has 0 radical (unpaired) electrons. The van der Waals surface area contributed by atoms with Crippen LogP contribution < -0.4 is 10.6 Å². The SMILES string of the molecule is Nc1ccc(N2CC[C@@H]3COC[C@@H]3C2)cc1. The van der Waals surface area contributed by atoms with Crippen molar-refractivity contribution in [3.05, 3.63) is 24.3 Å². The smallest absolute Gasteiger partial charge is 0.0514 e. The number of nitrogens with zero attached hydrogens (tertiary/aromatic N) is 1. The van der Waals surface area contributed by atoms with Gasteiger partial charge in [0.25, 0.3) is 0 Å². The molecule has 0 aliphatic carbocycles. The standard InChI is InChI=1S/C13H18N2O/c14-12-1-3-13(4-2-12)15-6-5-10-8-16-9-11(10)7-15/h1-4,10-11H,5-9,14H2/t10-,11+/m1/s1. The summed E-state index contributed by atoms with van der Waals surface area (Å²) >= 11 is 0. The Hall–Kier alpha value is -1.22. The predicted molar refractivity (Wildman–Crippen MR) is 65.5 cm³/mol. The zero-order valence-corrected chi connectivity index (χ0v) is 9.43. The van der Waals surface area contributed by atoms with Crippen LogP contribution in [0, 0.1) is 11.8 Å². The molecule has 1 aromatic rings. The van der Waals surface area contributed by atoms with E-state index in [0.717, 1.165) is 43.8 Å². The molecule has 0 aromatic heterocycles. The van der Waals surface area contributed by atoms with E-state index in [1.54, 1.807) is 0 Å². The van der Waals surface area contributed by atoms with E-state index >= 15 is 0 Å². The summed E-state index contributed by atoms with van der Waals surface area (Å²) in [5, 5.41) is 0. The Bertz CT molecular complexity index is 363. The summed E-state index contributed by atoms with van der Waals surface area (Å²) in [5.41, 5.74) is 7.83. The molecular weight excluding hydrogens is 200 g/mol. The van der Waals surface area contributed by atoms with Gasteiger partial charge in [-0.15, -0.1) is 0 Å². The minimum atomic E-state index is 0.728. The lowest BCUT2D eigenvalue weighted by atomic mass is 9.88. The maximum atomic E-state index is 5.70. The van der Waals surface area contributed by atoms with Gasteiger partial charge in [0, 0.05) is 37.0 Å². The van der Waals surface area contributed by atoms with E-state index < -0.39 is 0 Å². The van der Waals surface area contributed by atoms with E-state index in [0.29, 0.717) is 0 Å². The van der Waals surface area contributed by atoms with E-state index in [9.17, 15) is 0 Å². The molecule has 2 atom stereocenters. The van der Waals surface area contributed by atoms with Crippen LogP contribution in [-0.2, 0) is 4.74 Å². The first-order valence-electron chi connectivity index (χ1n) is 6.01. The van der Waals surface area contributed by atoms with Gasteiger partial charge >= 0.3 is 0 Å². The Kier molecular flexibility index (Phi) is 2.48. The molecule has 3 rings (SSSR count). The summed E-state index contributed by atoms with van der Waals surface area (Å²) in [5.74, 6) is 1.52. The van der Waals surface area contributed by atoms with Crippen LogP contribution in [0.1, 0.15) is 6.42 Å². The maximum absolute atomic E-state index is 5.70. The lowest BCUT2D eigenvalue weighted by Crippen LogP contribution is -2.39. The molecule has 2 fully saturated rings. The molecule has 3 heteroatoms. The number of hydrogen-bond donors (Lipinski definition) is 1. The Morgan fingerprint density at radius 1 is 1.12 bits per heavy atom. The van der Waals surface area contributed by atoms with Crippen molar-refractivity contribution >= 4 is 11.4 Å². The normalized spacial score (nSPS) is 29.1. The van der Waals surface area contributed by atoms with Crippen molar-refractivity contribution in [1.82, 2.24) is 0 Å². The van der Waals surface area contributed by atoms with Gasteiger partial charge in [-0.05, 0) is 36.6 Å². The van der Waals surface area contributed by atoms with E-state index in [-0.39, 0.29) is 0 Å². The van der Waals surface area contributed by atoms with E-state index in [1.807, 2.05) is 12.1 Å². The third kappa shape index (κ3) is 1.76. The second-order valence-corrected chi connectivity index (χ2v) is 4.88. The molecule has 0 amide bonds. The number of anilines is 2. The predicted octanol–water partition coefficient (Wildman–Crippen LogP) is 1.74. The number of nitrogens with two attached hydrogens (primary N) is 1. The van der Waals surface area contributed by atoms with Gasteiger partial charge in [0.05, 0.1) is 6.61 Å². The molecule has 0 bridgehead atoms. The third-order valence-corrected chi connectivity index (χ3v) is 3.81. The Balaban J connectivity index is 1.74. The topological polar surface area (TPSA) is 38.5 Å². The van der Waals surface area contributed by atoms with Crippen molar-refractivity contribution in [3.63, 3.8) is 0 Å². The second kappa shape index (κ2) is 3.98. The fourth-order valence-corrected chi connectivity index (χ4v) is 2.78. The maximum Gasteiger partial charge on any atom is 0.0514 e. The van der Waals surface area contributed by atoms with Crippen LogP contribution in [-0.4, -0.2) is 26.3 Å². The van der Waals surface area contributed by atoms with Gasteiger partial charge in [-0.25, -0.2) is 0 Å². The molecule has 2 aliphatic rings. The van der Waals surface area contributed by atoms with Gasteiger partial charge < -0.3 is 15.4 Å². The van der Waals surface area contributed by atoms with Gasteiger partial charge in [-0.3, -0.25) is 0 Å². The van der Waals surface area contributed by atoms with E-state index in [4.69, 9.17) is 10.5 Å². The monoisotopic (exact) mass is 218 g/mol. The van der Waals surface area contributed by atoms with Gasteiger partial charge in [0.15, 0.2) is 0 Å². The first kappa shape index (κ1) is 9.97. The fraction of sp³-hybridized carbons (Fsp3) is 0.538. The van der Waals surface area contributed by atoms with E-state index in [2.05, 4.69) is 17.0 Å². The highest BCUT2D eigenvalue weighted by molar-refractivity contribution is 5.53. The van der Waals surface area contributed by atoms with Crippen LogP contribution in [0.15, 0.2) is 24.3 Å². The number of rotatable bonds is 1. The number of nitrogen functional groups attached to an aromatic ring is 1. The zero-order chi connectivity index (χ0) is 11.0. The molecule has 2 saturated heterocycles. The fourth-order valence-electron chi connectivity index (χ4n) is 2.78. The van der Waals surface area contributed by atoms with Crippen molar-refractivity contribution < 1.29 is 4.74 Å². The van der Waals surface area contributed by atoms with Gasteiger partial charge in [0.2, 0.25) is 0 Å². The van der Waals surface area contributed by atoms with Crippen molar-refractivity contribution in [3.8, 4) is 0 Å². The molecule has 2 heterocycles. The second-order valence-electron chi connectivity index (χ2n) is 4.88. The highest BCUT2D eigenvalue weighted by Gasteiger charge is 2.33. The lowest BCUT2D eigenvalue weighted by Gasteiger charge is -2.35. The Morgan fingerprint density at radius 2 is 1.88 bits per heavy atom. The molecule has 16 heavy (non-hydrogen) atoms. The zero-order valence-electron chi connectivity index (χ0n) is 9.43. The van der Waals surface area contributed by atoms with Gasteiger partial charge in [-0.2, -0.15) is 0 Å². The molecule has 3 nitrogen and oxygen atoms in total. The first-order chi connectivity index (χ1) is 7.83. The quantitative estimate of drug-likeness (QED) is 0.730. The summed E-state index contributed by atoms with van der Waals surface area (Å²) < 4.78 is 5.55. The first-order valence-corrected chi connectivity index (χ1v) is 6.01. The summed E-state index contributed by atoms with van der Waals surface area (Å²) in [7, 11) is 0. The summed E-state index contributed by atoms with van der Waals surface area (Å²) in [6, 6.07) is 8.19. The van der Waals surface area contributed by atoms with Crippen LogP contribution >= 0.6 is 0 Å². The molecule has 0 unspecified atom stereocenters. The van der Waals surface area contributed by atoms with Crippen LogP contribution in [0.5, 0.6) is 0 Å². The molecule has 86 valence electrons. The molecule has 0 saturated carbocycles. The van der Waals surface area contributed by atoms with Crippen LogP contribution in [0.3, 0.4) is 0 Å². The number of fused-ring (bicyclic) bond motifs is 1. The lowest BCUT2D eigenvalue weighted by molar-refractivity contribution is 0.182. The highest BCUT2D eigenvalue weighted by atomic mass is 16.5. The third-order valence-electron chi connectivity index (χ3n) is 3.81. The summed E-state index contributed by atoms with van der Waals surface area (Å²) in [4.78, 5) is 2.45. The van der Waals surface area contributed by atoms with E-state index in [1.165, 1.54) is 12.1 Å². The summed E-state index contributed by atoms with van der Waals surface area (Å²) in [6.07, 6.45) is 1.26. The number of benzene rings is 1. The molecule has 2 aliphatic heterocycles. The average molecular weight is 218 g/mol. The molecule has 2 N–H and O–H groups in total. The van der Waals surface area contributed by atoms with Crippen molar-refractivity contribution in [2.45, 2.75) is 6.42 Å². The number of hydrogen-bond acceptors (Lipinski definition) is 3. The van der Waals surface area contributed by atoms with Gasteiger partial charge in [-0.1, -0.05) is 0 Å². The minimum absolute atomic E-state index is 0.728. The van der Waals surface area contributed by atoms with Crippen LogP contribution in [0.4, 0.5) is 11.4 Å². The Labute approximate surface area is 96.2 Å². The molecule has 1 aromatic carbocycles. The average Bonchev–Trinajstić information content (AvgIpc) is 2.77. The molecular formula is C13H18N2O. The Morgan fingerprint density at radius 3 is 2.69 bits per heavy atom. The highest BCUT2D eigenvalue weighted by Crippen LogP contribution is 2.31. The van der Waals surface area contributed by atoms with Crippen molar-refractivity contribution in [2.75, 3.05) is 36.9 Å². The number of piperidine rings is 1. The molecule has 0 spiro atoms. The van der Waals surface area contributed by atoms with Crippen molar-refractivity contribution in [1.29, 1.82) is 0 Å². The van der Waals surface area contributed by atoms with Crippen LogP contribution in [0.2, 0.25) is 0 Å². The van der Waals surface area contributed by atoms with Crippen LogP contribution in [0.25, 0.3) is 0 Å². The minimum Gasteiger partial charge on any atom is -0.399 e. The van der Waals surface area contributed by atoms with Crippen molar-refractivity contribution in [2.24, 2.45) is 11.8 Å². The summed E-state index contributed by atoms with van der Waals surface area (Å²) in [6.45, 7) is 4.19.